The van der Waals surface area contributed by atoms with Crippen LogP contribution >= 0.6 is 0 Å². The first-order chi connectivity index (χ1) is 11.9. The number of benzene rings is 1. The summed E-state index contributed by atoms with van der Waals surface area (Å²) in [5.74, 6) is 1.42. The highest BCUT2D eigenvalue weighted by atomic mass is 16.5. The van der Waals surface area contributed by atoms with Gasteiger partial charge in [-0.25, -0.2) is 0 Å². The number of aryl methyl sites for hydroxylation is 2. The van der Waals surface area contributed by atoms with Crippen LogP contribution in [-0.4, -0.2) is 38.7 Å². The average Bonchev–Trinajstić information content (AvgIpc) is 2.92. The molecular weight excluding hydrogens is 318 g/mol. The lowest BCUT2D eigenvalue weighted by molar-refractivity contribution is 0.178. The SMILES string of the molecule is C=Nc1cc(-c2c(C)noc2C)c(OC)cc1C(=C)N[C@H](C)COC. The number of nitrogens with zero attached hydrogens (tertiary/aromatic N) is 2. The summed E-state index contributed by atoms with van der Waals surface area (Å²) in [6.07, 6.45) is 0. The Hall–Kier alpha value is -2.60. The van der Waals surface area contributed by atoms with Crippen LogP contribution in [0.3, 0.4) is 0 Å². The molecule has 0 spiro atoms. The molecule has 2 rings (SSSR count). The molecule has 0 amide bonds. The van der Waals surface area contributed by atoms with Crippen LogP contribution in [0.15, 0.2) is 28.2 Å². The Morgan fingerprint density at radius 1 is 1.36 bits per heavy atom. The van der Waals surface area contributed by atoms with E-state index in [0.717, 1.165) is 33.8 Å². The van der Waals surface area contributed by atoms with Crippen molar-refractivity contribution < 1.29 is 14.0 Å². The first-order valence-corrected chi connectivity index (χ1v) is 7.99. The van der Waals surface area contributed by atoms with Gasteiger partial charge in [0, 0.05) is 30.0 Å². The third kappa shape index (κ3) is 3.91. The first kappa shape index (κ1) is 18.7. The molecule has 134 valence electrons. The maximum atomic E-state index is 5.60. The Morgan fingerprint density at radius 2 is 2.08 bits per heavy atom. The van der Waals surface area contributed by atoms with Gasteiger partial charge in [-0.1, -0.05) is 11.7 Å². The van der Waals surface area contributed by atoms with Crippen LogP contribution in [-0.2, 0) is 4.74 Å². The van der Waals surface area contributed by atoms with E-state index in [9.17, 15) is 0 Å². The van der Waals surface area contributed by atoms with Crippen molar-refractivity contribution in [3.63, 3.8) is 0 Å². The summed E-state index contributed by atoms with van der Waals surface area (Å²) in [5.41, 5.74) is 4.82. The molecule has 1 heterocycles. The summed E-state index contributed by atoms with van der Waals surface area (Å²) >= 11 is 0. The molecular formula is C19H25N3O3. The first-order valence-electron chi connectivity index (χ1n) is 7.99. The molecule has 0 aliphatic rings. The number of aromatic nitrogens is 1. The number of hydrogen-bond donors (Lipinski definition) is 1. The Morgan fingerprint density at radius 3 is 2.60 bits per heavy atom. The largest absolute Gasteiger partial charge is 0.496 e. The van der Waals surface area contributed by atoms with E-state index in [-0.39, 0.29) is 6.04 Å². The van der Waals surface area contributed by atoms with Crippen molar-refractivity contribution in [2.24, 2.45) is 4.99 Å². The van der Waals surface area contributed by atoms with Crippen molar-refractivity contribution in [1.82, 2.24) is 10.5 Å². The number of nitrogens with one attached hydrogen (secondary N) is 1. The van der Waals surface area contributed by atoms with Crippen LogP contribution in [0.2, 0.25) is 0 Å². The fourth-order valence-corrected chi connectivity index (χ4v) is 2.84. The molecule has 25 heavy (non-hydrogen) atoms. The molecule has 0 unspecified atom stereocenters. The van der Waals surface area contributed by atoms with Crippen molar-refractivity contribution in [2.75, 3.05) is 20.8 Å². The van der Waals surface area contributed by atoms with Gasteiger partial charge in [-0.15, -0.1) is 0 Å². The van der Waals surface area contributed by atoms with Gasteiger partial charge in [0.1, 0.15) is 11.5 Å². The van der Waals surface area contributed by atoms with Crippen molar-refractivity contribution in [3.8, 4) is 16.9 Å². The van der Waals surface area contributed by atoms with E-state index < -0.39 is 0 Å². The van der Waals surface area contributed by atoms with Crippen molar-refractivity contribution in [2.45, 2.75) is 26.8 Å². The Kier molecular flexibility index (Phi) is 5.98. The lowest BCUT2D eigenvalue weighted by atomic mass is 9.98. The molecule has 0 aliphatic heterocycles. The van der Waals surface area contributed by atoms with Gasteiger partial charge in [0.05, 0.1) is 30.7 Å². The Labute approximate surface area is 148 Å². The van der Waals surface area contributed by atoms with Crippen LogP contribution in [0.5, 0.6) is 5.75 Å². The smallest absolute Gasteiger partial charge is 0.141 e. The summed E-state index contributed by atoms with van der Waals surface area (Å²) in [6.45, 7) is 14.2. The fraction of sp³-hybridized carbons (Fsp3) is 0.368. The zero-order valence-electron chi connectivity index (χ0n) is 15.5. The Bertz CT molecular complexity index is 761. The molecule has 0 bridgehead atoms. The highest BCUT2D eigenvalue weighted by Crippen LogP contribution is 2.40. The molecule has 1 N–H and O–H groups in total. The summed E-state index contributed by atoms with van der Waals surface area (Å²) in [7, 11) is 3.30. The number of ether oxygens (including phenoxy) is 2. The molecule has 0 saturated carbocycles. The van der Waals surface area contributed by atoms with E-state index >= 15 is 0 Å². The zero-order chi connectivity index (χ0) is 18.6. The standard InChI is InChI=1S/C19H25N3O3/c1-11(10-23-6)21-12(2)15-9-18(24-7)16(8-17(15)20-5)19-13(3)22-25-14(19)4/h8-9,11,21H,2,5,10H2,1,3-4,6-7H3/t11-/m1/s1. The maximum Gasteiger partial charge on any atom is 0.141 e. The lowest BCUT2D eigenvalue weighted by Crippen LogP contribution is -2.28. The molecule has 6 nitrogen and oxygen atoms in total. The van der Waals surface area contributed by atoms with Gasteiger partial charge in [-0.2, -0.15) is 0 Å². The van der Waals surface area contributed by atoms with Gasteiger partial charge in [0.15, 0.2) is 0 Å². The van der Waals surface area contributed by atoms with Crippen LogP contribution in [0, 0.1) is 13.8 Å². The second-order valence-corrected chi connectivity index (χ2v) is 5.91. The van der Waals surface area contributed by atoms with Crippen LogP contribution in [0.1, 0.15) is 23.9 Å². The van der Waals surface area contributed by atoms with Gasteiger partial charge >= 0.3 is 0 Å². The maximum absolute atomic E-state index is 5.60. The second kappa shape index (κ2) is 7.98. The molecule has 2 aromatic rings. The second-order valence-electron chi connectivity index (χ2n) is 5.91. The fourth-order valence-electron chi connectivity index (χ4n) is 2.84. The molecule has 1 atom stereocenters. The van der Waals surface area contributed by atoms with Crippen LogP contribution < -0.4 is 10.1 Å². The van der Waals surface area contributed by atoms with E-state index in [2.05, 4.69) is 28.8 Å². The van der Waals surface area contributed by atoms with Crippen molar-refractivity contribution >= 4 is 18.1 Å². The molecule has 1 aromatic heterocycles. The third-order valence-corrected chi connectivity index (χ3v) is 3.95. The van der Waals surface area contributed by atoms with Crippen LogP contribution in [0.25, 0.3) is 16.8 Å². The Balaban J connectivity index is 2.51. The van der Waals surface area contributed by atoms with Gasteiger partial charge in [0.2, 0.25) is 0 Å². The quantitative estimate of drug-likeness (QED) is 0.736. The minimum atomic E-state index is 0.114. The van der Waals surface area contributed by atoms with E-state index in [1.807, 2.05) is 32.9 Å². The van der Waals surface area contributed by atoms with Crippen molar-refractivity contribution in [1.29, 1.82) is 0 Å². The number of rotatable bonds is 8. The van der Waals surface area contributed by atoms with Crippen molar-refractivity contribution in [3.05, 3.63) is 35.7 Å². The third-order valence-electron chi connectivity index (χ3n) is 3.95. The highest BCUT2D eigenvalue weighted by Gasteiger charge is 2.19. The molecule has 0 fully saturated rings. The minimum Gasteiger partial charge on any atom is -0.496 e. The predicted molar refractivity (Wildman–Crippen MR) is 101 cm³/mol. The molecule has 1 aromatic carbocycles. The summed E-state index contributed by atoms with van der Waals surface area (Å²) in [6, 6.07) is 3.94. The predicted octanol–water partition coefficient (Wildman–Crippen LogP) is 3.89. The average molecular weight is 343 g/mol. The highest BCUT2D eigenvalue weighted by molar-refractivity contribution is 5.84. The number of hydrogen-bond acceptors (Lipinski definition) is 6. The summed E-state index contributed by atoms with van der Waals surface area (Å²) < 4.78 is 16.0. The lowest BCUT2D eigenvalue weighted by Gasteiger charge is -2.19. The summed E-state index contributed by atoms with van der Waals surface area (Å²) in [4.78, 5) is 4.16. The van der Waals surface area contributed by atoms with Gasteiger partial charge in [-0.3, -0.25) is 4.99 Å². The molecule has 6 heteroatoms. The van der Waals surface area contributed by atoms with E-state index in [0.29, 0.717) is 18.0 Å². The number of aliphatic imine (C=N–C) groups is 1. The summed E-state index contributed by atoms with van der Waals surface area (Å²) in [5, 5.41) is 7.33. The normalized spacial score (nSPS) is 11.9. The van der Waals surface area contributed by atoms with E-state index in [1.54, 1.807) is 14.2 Å². The van der Waals surface area contributed by atoms with Gasteiger partial charge < -0.3 is 19.3 Å². The van der Waals surface area contributed by atoms with Gasteiger partial charge in [-0.05, 0) is 39.6 Å². The van der Waals surface area contributed by atoms with E-state index in [4.69, 9.17) is 14.0 Å². The van der Waals surface area contributed by atoms with Crippen LogP contribution in [0.4, 0.5) is 5.69 Å². The van der Waals surface area contributed by atoms with E-state index in [1.165, 1.54) is 0 Å². The minimum absolute atomic E-state index is 0.114. The topological polar surface area (TPSA) is 68.9 Å². The van der Waals surface area contributed by atoms with Gasteiger partial charge in [0.25, 0.3) is 0 Å². The monoisotopic (exact) mass is 343 g/mol. The molecule has 0 radical (unpaired) electrons. The zero-order valence-corrected chi connectivity index (χ0v) is 15.5. The molecule has 0 aliphatic carbocycles. The molecule has 0 saturated heterocycles. The number of methoxy groups -OCH3 is 2.